The largest absolute Gasteiger partial charge is 0.489 e. The zero-order chi connectivity index (χ0) is 16.8. The van der Waals surface area contributed by atoms with Crippen LogP contribution in [0.5, 0.6) is 5.75 Å². The first-order chi connectivity index (χ1) is 11.7. The number of carbonyl (C=O) groups is 1. The molecule has 0 spiro atoms. The summed E-state index contributed by atoms with van der Waals surface area (Å²) in [7, 11) is 0. The number of amides is 1. The average molecular weight is 363 g/mol. The summed E-state index contributed by atoms with van der Waals surface area (Å²) >= 11 is 0. The summed E-state index contributed by atoms with van der Waals surface area (Å²) in [5.41, 5.74) is 7.44. The Hall–Kier alpha value is -2.24. The van der Waals surface area contributed by atoms with Crippen molar-refractivity contribution >= 4 is 29.7 Å². The highest BCUT2D eigenvalue weighted by molar-refractivity contribution is 6.05. The number of hydrogen-bond acceptors (Lipinski definition) is 4. The lowest BCUT2D eigenvalue weighted by Gasteiger charge is -2.23. The van der Waals surface area contributed by atoms with Crippen molar-refractivity contribution in [2.75, 3.05) is 24.3 Å². The van der Waals surface area contributed by atoms with Gasteiger partial charge < -0.3 is 20.5 Å². The fourth-order valence-corrected chi connectivity index (χ4v) is 2.69. The Morgan fingerprint density at radius 2 is 2.04 bits per heavy atom. The Morgan fingerprint density at radius 3 is 2.80 bits per heavy atom. The van der Waals surface area contributed by atoms with E-state index in [0.717, 1.165) is 19.4 Å². The molecule has 0 radical (unpaired) electrons. The summed E-state index contributed by atoms with van der Waals surface area (Å²) in [6.07, 6.45) is 3.42. The third-order valence-corrected chi connectivity index (χ3v) is 3.98. The third-order valence-electron chi connectivity index (χ3n) is 3.98. The molecule has 3 rings (SSSR count). The van der Waals surface area contributed by atoms with Gasteiger partial charge in [0, 0.05) is 17.9 Å². The van der Waals surface area contributed by atoms with Crippen molar-refractivity contribution in [3.05, 3.63) is 54.1 Å². The van der Waals surface area contributed by atoms with Crippen LogP contribution in [0.15, 0.2) is 48.5 Å². The molecule has 0 saturated carbocycles. The average Bonchev–Trinajstić information content (AvgIpc) is 2.62. The number of anilines is 2. The Labute approximate surface area is 153 Å². The molecule has 25 heavy (non-hydrogen) atoms. The van der Waals surface area contributed by atoms with Crippen molar-refractivity contribution in [1.29, 1.82) is 0 Å². The van der Waals surface area contributed by atoms with Crippen molar-refractivity contribution in [2.45, 2.75) is 25.4 Å². The lowest BCUT2D eigenvalue weighted by atomic mass is 10.1. The first-order valence-corrected chi connectivity index (χ1v) is 8.23. The maximum Gasteiger partial charge on any atom is 0.255 e. The highest BCUT2D eigenvalue weighted by atomic mass is 35.5. The van der Waals surface area contributed by atoms with Gasteiger partial charge in [0.1, 0.15) is 12.4 Å². The van der Waals surface area contributed by atoms with Gasteiger partial charge in [-0.1, -0.05) is 18.2 Å². The van der Waals surface area contributed by atoms with Gasteiger partial charge in [0.2, 0.25) is 0 Å². The number of ether oxygens (including phenoxy) is 2. The monoisotopic (exact) mass is 362 g/mol. The fraction of sp³-hybridized carbons (Fsp3) is 0.316. The number of nitrogen functional groups attached to an aromatic ring is 1. The molecule has 1 unspecified atom stereocenters. The van der Waals surface area contributed by atoms with Crippen LogP contribution in [0.4, 0.5) is 11.4 Å². The van der Waals surface area contributed by atoms with Crippen LogP contribution in [0.3, 0.4) is 0 Å². The predicted octanol–water partition coefficient (Wildman–Crippen LogP) is 3.89. The normalized spacial score (nSPS) is 16.6. The first kappa shape index (κ1) is 19.1. The summed E-state index contributed by atoms with van der Waals surface area (Å²) in [5.74, 6) is 0.427. The molecular formula is C19H23ClN2O3. The number of benzene rings is 2. The summed E-state index contributed by atoms with van der Waals surface area (Å²) in [5, 5.41) is 2.88. The lowest BCUT2D eigenvalue weighted by molar-refractivity contribution is -0.0109. The van der Waals surface area contributed by atoms with Gasteiger partial charge in [0.05, 0.1) is 11.8 Å². The minimum absolute atomic E-state index is 0. The van der Waals surface area contributed by atoms with Crippen molar-refractivity contribution in [1.82, 2.24) is 0 Å². The molecule has 0 aliphatic carbocycles. The van der Waals surface area contributed by atoms with Crippen molar-refractivity contribution in [3.63, 3.8) is 0 Å². The molecule has 6 heteroatoms. The summed E-state index contributed by atoms with van der Waals surface area (Å²) in [4.78, 5) is 12.4. The van der Waals surface area contributed by atoms with Gasteiger partial charge in [-0.25, -0.2) is 0 Å². The second kappa shape index (κ2) is 9.30. The number of carbonyl (C=O) groups excluding carboxylic acids is 1. The molecule has 5 nitrogen and oxygen atoms in total. The van der Waals surface area contributed by atoms with Gasteiger partial charge in [0.15, 0.2) is 0 Å². The number of nitrogens with one attached hydrogen (secondary N) is 1. The van der Waals surface area contributed by atoms with Gasteiger partial charge in [-0.3, -0.25) is 4.79 Å². The summed E-state index contributed by atoms with van der Waals surface area (Å²) in [6.45, 7) is 1.28. The highest BCUT2D eigenvalue weighted by Gasteiger charge is 2.16. The van der Waals surface area contributed by atoms with Crippen LogP contribution in [0.1, 0.15) is 29.6 Å². The van der Waals surface area contributed by atoms with Gasteiger partial charge >= 0.3 is 0 Å². The van der Waals surface area contributed by atoms with Crippen LogP contribution >= 0.6 is 12.4 Å². The minimum Gasteiger partial charge on any atom is -0.489 e. The first-order valence-electron chi connectivity index (χ1n) is 8.23. The van der Waals surface area contributed by atoms with E-state index in [1.54, 1.807) is 24.3 Å². The number of hydrogen-bond donors (Lipinski definition) is 2. The zero-order valence-corrected chi connectivity index (χ0v) is 14.8. The predicted molar refractivity (Wildman–Crippen MR) is 102 cm³/mol. The van der Waals surface area contributed by atoms with Crippen LogP contribution in [-0.4, -0.2) is 25.2 Å². The van der Waals surface area contributed by atoms with E-state index >= 15 is 0 Å². The third kappa shape index (κ3) is 5.37. The quantitative estimate of drug-likeness (QED) is 0.791. The van der Waals surface area contributed by atoms with Crippen LogP contribution in [-0.2, 0) is 4.74 Å². The minimum atomic E-state index is -0.215. The molecule has 3 N–H and O–H groups in total. The number of rotatable bonds is 5. The maximum atomic E-state index is 12.4. The second-order valence-corrected chi connectivity index (χ2v) is 5.88. The molecule has 0 bridgehead atoms. The Balaban J connectivity index is 0.00000225. The van der Waals surface area contributed by atoms with Gasteiger partial charge in [0.25, 0.3) is 5.91 Å². The molecule has 1 amide bonds. The Kier molecular flexibility index (Phi) is 7.10. The molecule has 1 atom stereocenters. The number of halogens is 1. The molecule has 134 valence electrons. The smallest absolute Gasteiger partial charge is 0.255 e. The maximum absolute atomic E-state index is 12.4. The van der Waals surface area contributed by atoms with Crippen LogP contribution in [0.25, 0.3) is 0 Å². The molecular weight excluding hydrogens is 340 g/mol. The van der Waals surface area contributed by atoms with Crippen molar-refractivity contribution in [3.8, 4) is 5.75 Å². The Morgan fingerprint density at radius 1 is 1.20 bits per heavy atom. The van der Waals surface area contributed by atoms with E-state index in [4.69, 9.17) is 15.2 Å². The number of para-hydroxylation sites is 2. The van der Waals surface area contributed by atoms with E-state index in [1.807, 2.05) is 24.3 Å². The lowest BCUT2D eigenvalue weighted by Crippen LogP contribution is -2.26. The topological polar surface area (TPSA) is 73.6 Å². The molecule has 2 aromatic rings. The molecule has 2 aromatic carbocycles. The fourth-order valence-electron chi connectivity index (χ4n) is 2.69. The van der Waals surface area contributed by atoms with Gasteiger partial charge in [-0.05, 0) is 49.6 Å². The second-order valence-electron chi connectivity index (χ2n) is 5.88. The van der Waals surface area contributed by atoms with E-state index < -0.39 is 0 Å². The van der Waals surface area contributed by atoms with E-state index in [2.05, 4.69) is 5.32 Å². The van der Waals surface area contributed by atoms with E-state index in [9.17, 15) is 4.79 Å². The summed E-state index contributed by atoms with van der Waals surface area (Å²) < 4.78 is 11.5. The van der Waals surface area contributed by atoms with Gasteiger partial charge in [-0.2, -0.15) is 0 Å². The SMILES string of the molecule is Cl.Nc1cccc(C(=O)Nc2ccccc2OCC2CCCCO2)c1. The molecule has 1 aliphatic rings. The molecule has 1 saturated heterocycles. The molecule has 1 heterocycles. The molecule has 1 fully saturated rings. The zero-order valence-electron chi connectivity index (χ0n) is 13.9. The van der Waals surface area contributed by atoms with Gasteiger partial charge in [-0.15, -0.1) is 12.4 Å². The molecule has 0 aromatic heterocycles. The van der Waals surface area contributed by atoms with Crippen LogP contribution < -0.4 is 15.8 Å². The Bertz CT molecular complexity index is 703. The van der Waals surface area contributed by atoms with Crippen molar-refractivity contribution < 1.29 is 14.3 Å². The highest BCUT2D eigenvalue weighted by Crippen LogP contribution is 2.25. The van der Waals surface area contributed by atoms with Crippen LogP contribution in [0.2, 0.25) is 0 Å². The van der Waals surface area contributed by atoms with Crippen molar-refractivity contribution in [2.24, 2.45) is 0 Å². The number of nitrogens with two attached hydrogens (primary N) is 1. The van der Waals surface area contributed by atoms with E-state index in [-0.39, 0.29) is 24.4 Å². The summed E-state index contributed by atoms with van der Waals surface area (Å²) in [6, 6.07) is 14.3. The van der Waals surface area contributed by atoms with Crippen LogP contribution in [0, 0.1) is 0 Å². The van der Waals surface area contributed by atoms with E-state index in [0.29, 0.717) is 29.3 Å². The van der Waals surface area contributed by atoms with E-state index in [1.165, 1.54) is 6.42 Å². The standard InChI is InChI=1S/C19H22N2O3.ClH/c20-15-7-5-6-14(12-15)19(22)21-17-9-1-2-10-18(17)24-13-16-8-3-4-11-23-16;/h1-2,5-7,9-10,12,16H,3-4,8,11,13,20H2,(H,21,22);1H. The molecule has 1 aliphatic heterocycles.